The van der Waals surface area contributed by atoms with Crippen LogP contribution in [-0.2, 0) is 6.42 Å². The standard InChI is InChI=1S/C13H12ClFO2/c1-8-2-5-13(17-8)12(16)6-9-3-4-10(15)7-11(9)14/h2-5,7,12,16H,6H2,1H3. The third kappa shape index (κ3) is 2.87. The van der Waals surface area contributed by atoms with Crippen molar-refractivity contribution in [2.24, 2.45) is 0 Å². The minimum Gasteiger partial charge on any atom is -0.464 e. The van der Waals surface area contributed by atoms with Gasteiger partial charge < -0.3 is 9.52 Å². The molecule has 0 saturated heterocycles. The van der Waals surface area contributed by atoms with Crippen molar-refractivity contribution in [3.63, 3.8) is 0 Å². The molecule has 1 atom stereocenters. The molecule has 1 heterocycles. The molecular weight excluding hydrogens is 243 g/mol. The lowest BCUT2D eigenvalue weighted by Crippen LogP contribution is -2.01. The molecule has 1 unspecified atom stereocenters. The summed E-state index contributed by atoms with van der Waals surface area (Å²) in [4.78, 5) is 0. The van der Waals surface area contributed by atoms with Crippen molar-refractivity contribution in [3.05, 3.63) is 58.3 Å². The monoisotopic (exact) mass is 254 g/mol. The Hall–Kier alpha value is -1.32. The number of furan rings is 1. The van der Waals surface area contributed by atoms with Gasteiger partial charge in [-0.1, -0.05) is 17.7 Å². The van der Waals surface area contributed by atoms with Crippen LogP contribution >= 0.6 is 11.6 Å². The van der Waals surface area contributed by atoms with Crippen LogP contribution in [0.25, 0.3) is 0 Å². The summed E-state index contributed by atoms with van der Waals surface area (Å²) in [6.45, 7) is 1.81. The summed E-state index contributed by atoms with van der Waals surface area (Å²) in [6.07, 6.45) is -0.474. The zero-order valence-corrected chi connectivity index (χ0v) is 10.0. The summed E-state index contributed by atoms with van der Waals surface area (Å²) < 4.78 is 18.2. The van der Waals surface area contributed by atoms with E-state index in [9.17, 15) is 9.50 Å². The molecule has 90 valence electrons. The quantitative estimate of drug-likeness (QED) is 0.907. The lowest BCUT2D eigenvalue weighted by molar-refractivity contribution is 0.149. The maximum atomic E-state index is 12.8. The fourth-order valence-electron chi connectivity index (χ4n) is 1.63. The molecule has 0 bridgehead atoms. The topological polar surface area (TPSA) is 33.4 Å². The first-order valence-electron chi connectivity index (χ1n) is 5.24. The van der Waals surface area contributed by atoms with Gasteiger partial charge in [0.1, 0.15) is 23.4 Å². The Morgan fingerprint density at radius 1 is 1.35 bits per heavy atom. The molecule has 4 heteroatoms. The number of aliphatic hydroxyl groups is 1. The van der Waals surface area contributed by atoms with Gasteiger partial charge in [-0.25, -0.2) is 4.39 Å². The highest BCUT2D eigenvalue weighted by atomic mass is 35.5. The van der Waals surface area contributed by atoms with Gasteiger partial charge >= 0.3 is 0 Å². The van der Waals surface area contributed by atoms with E-state index in [0.29, 0.717) is 22.8 Å². The van der Waals surface area contributed by atoms with Gasteiger partial charge in [-0.3, -0.25) is 0 Å². The number of hydrogen-bond donors (Lipinski definition) is 1. The minimum absolute atomic E-state index is 0.298. The predicted octanol–water partition coefficient (Wildman–Crippen LogP) is 3.66. The van der Waals surface area contributed by atoms with Gasteiger partial charge in [0.2, 0.25) is 0 Å². The van der Waals surface area contributed by atoms with Crippen LogP contribution in [0.5, 0.6) is 0 Å². The number of aliphatic hydroxyl groups excluding tert-OH is 1. The smallest absolute Gasteiger partial charge is 0.132 e. The molecule has 2 nitrogen and oxygen atoms in total. The van der Waals surface area contributed by atoms with Crippen LogP contribution in [-0.4, -0.2) is 5.11 Å². The highest BCUT2D eigenvalue weighted by molar-refractivity contribution is 6.31. The first-order valence-corrected chi connectivity index (χ1v) is 5.62. The van der Waals surface area contributed by atoms with Gasteiger partial charge in [-0.05, 0) is 36.8 Å². The molecule has 1 N–H and O–H groups in total. The molecule has 0 aliphatic carbocycles. The first kappa shape index (κ1) is 12.1. The predicted molar refractivity (Wildman–Crippen MR) is 63.5 cm³/mol. The molecule has 0 radical (unpaired) electrons. The fourth-order valence-corrected chi connectivity index (χ4v) is 1.87. The molecule has 17 heavy (non-hydrogen) atoms. The molecular formula is C13H12ClFO2. The van der Waals surface area contributed by atoms with Crippen LogP contribution < -0.4 is 0 Å². The second kappa shape index (κ2) is 4.90. The highest BCUT2D eigenvalue weighted by Gasteiger charge is 2.14. The summed E-state index contributed by atoms with van der Waals surface area (Å²) in [7, 11) is 0. The third-order valence-corrected chi connectivity index (χ3v) is 2.87. The Kier molecular flexibility index (Phi) is 3.50. The van der Waals surface area contributed by atoms with Crippen LogP contribution in [0.1, 0.15) is 23.2 Å². The molecule has 0 aliphatic heterocycles. The Labute approximate surface area is 104 Å². The van der Waals surface area contributed by atoms with E-state index in [-0.39, 0.29) is 5.82 Å². The van der Waals surface area contributed by atoms with Gasteiger partial charge in [0, 0.05) is 11.4 Å². The van der Waals surface area contributed by atoms with Crippen molar-refractivity contribution in [2.75, 3.05) is 0 Å². The van der Waals surface area contributed by atoms with Gasteiger partial charge in [0.05, 0.1) is 0 Å². The van der Waals surface area contributed by atoms with E-state index in [1.54, 1.807) is 25.1 Å². The van der Waals surface area contributed by atoms with E-state index in [1.807, 2.05) is 0 Å². The SMILES string of the molecule is Cc1ccc(C(O)Cc2ccc(F)cc2Cl)o1. The van der Waals surface area contributed by atoms with Crippen LogP contribution in [0.2, 0.25) is 5.02 Å². The van der Waals surface area contributed by atoms with E-state index >= 15 is 0 Å². The van der Waals surface area contributed by atoms with E-state index in [1.165, 1.54) is 12.1 Å². The summed E-state index contributed by atoms with van der Waals surface area (Å²) in [5.41, 5.74) is 0.689. The van der Waals surface area contributed by atoms with Gasteiger partial charge in [-0.2, -0.15) is 0 Å². The Morgan fingerprint density at radius 2 is 2.12 bits per heavy atom. The third-order valence-electron chi connectivity index (χ3n) is 2.52. The maximum Gasteiger partial charge on any atom is 0.132 e. The van der Waals surface area contributed by atoms with Crippen molar-refractivity contribution >= 4 is 11.6 Å². The number of hydrogen-bond acceptors (Lipinski definition) is 2. The first-order chi connectivity index (χ1) is 8.06. The van der Waals surface area contributed by atoms with Crippen molar-refractivity contribution < 1.29 is 13.9 Å². The fraction of sp³-hybridized carbons (Fsp3) is 0.231. The molecule has 1 aromatic carbocycles. The summed E-state index contributed by atoms with van der Waals surface area (Å²) in [5, 5.41) is 10.2. The highest BCUT2D eigenvalue weighted by Crippen LogP contribution is 2.25. The van der Waals surface area contributed by atoms with Crippen LogP contribution in [0.4, 0.5) is 4.39 Å². The number of rotatable bonds is 3. The second-order valence-electron chi connectivity index (χ2n) is 3.90. The van der Waals surface area contributed by atoms with E-state index < -0.39 is 6.10 Å². The lowest BCUT2D eigenvalue weighted by atomic mass is 10.1. The van der Waals surface area contributed by atoms with Crippen molar-refractivity contribution in [3.8, 4) is 0 Å². The van der Waals surface area contributed by atoms with E-state index in [2.05, 4.69) is 0 Å². The average Bonchev–Trinajstić information content (AvgIpc) is 2.69. The summed E-state index contributed by atoms with van der Waals surface area (Å²) in [6, 6.07) is 7.62. The number of halogens is 2. The van der Waals surface area contributed by atoms with E-state index in [0.717, 1.165) is 5.76 Å². The average molecular weight is 255 g/mol. The molecule has 2 rings (SSSR count). The number of benzene rings is 1. The summed E-state index contributed by atoms with van der Waals surface area (Å²) in [5.74, 6) is 0.842. The second-order valence-corrected chi connectivity index (χ2v) is 4.31. The number of aryl methyl sites for hydroxylation is 1. The van der Waals surface area contributed by atoms with Gasteiger partial charge in [-0.15, -0.1) is 0 Å². The van der Waals surface area contributed by atoms with Crippen LogP contribution in [0, 0.1) is 12.7 Å². The van der Waals surface area contributed by atoms with Crippen molar-refractivity contribution in [2.45, 2.75) is 19.4 Å². The molecule has 0 saturated carbocycles. The summed E-state index contributed by atoms with van der Waals surface area (Å²) >= 11 is 5.88. The normalized spacial score (nSPS) is 12.7. The van der Waals surface area contributed by atoms with Crippen molar-refractivity contribution in [1.29, 1.82) is 0 Å². The molecule has 2 aromatic rings. The zero-order valence-electron chi connectivity index (χ0n) is 9.28. The van der Waals surface area contributed by atoms with Gasteiger partial charge in [0.15, 0.2) is 0 Å². The van der Waals surface area contributed by atoms with Crippen molar-refractivity contribution in [1.82, 2.24) is 0 Å². The van der Waals surface area contributed by atoms with Gasteiger partial charge in [0.25, 0.3) is 0 Å². The molecule has 1 aromatic heterocycles. The Bertz CT molecular complexity index is 522. The van der Waals surface area contributed by atoms with E-state index in [4.69, 9.17) is 16.0 Å². The lowest BCUT2D eigenvalue weighted by Gasteiger charge is -2.09. The molecule has 0 spiro atoms. The largest absolute Gasteiger partial charge is 0.464 e. The zero-order chi connectivity index (χ0) is 12.4. The molecule has 0 amide bonds. The Morgan fingerprint density at radius 3 is 2.71 bits per heavy atom. The molecule has 0 fully saturated rings. The minimum atomic E-state index is -0.772. The van der Waals surface area contributed by atoms with Crippen LogP contribution in [0.3, 0.4) is 0 Å². The molecule has 0 aliphatic rings. The maximum absolute atomic E-state index is 12.8. The Balaban J connectivity index is 2.15. The van der Waals surface area contributed by atoms with Crippen LogP contribution in [0.15, 0.2) is 34.7 Å².